The van der Waals surface area contributed by atoms with Crippen LogP contribution in [0.25, 0.3) is 0 Å². The minimum absolute atomic E-state index is 0.0174. The summed E-state index contributed by atoms with van der Waals surface area (Å²) < 4.78 is 0. The van der Waals surface area contributed by atoms with Gasteiger partial charge < -0.3 is 10.2 Å². The molecule has 0 bridgehead atoms. The Balaban J connectivity index is 1.67. The van der Waals surface area contributed by atoms with Gasteiger partial charge >= 0.3 is 0 Å². The number of carbonyl (C=O) groups excluding carboxylic acids is 2. The van der Waals surface area contributed by atoms with E-state index < -0.39 is 16.9 Å². The van der Waals surface area contributed by atoms with Gasteiger partial charge in [-0.1, -0.05) is 0 Å². The van der Waals surface area contributed by atoms with Crippen LogP contribution in [0.4, 0.5) is 5.69 Å². The number of hydrogen-bond donors (Lipinski definition) is 1. The quantitative estimate of drug-likeness (QED) is 0.670. The Morgan fingerprint density at radius 1 is 1.32 bits per heavy atom. The highest BCUT2D eigenvalue weighted by Crippen LogP contribution is 2.34. The molecule has 0 spiro atoms. The normalized spacial score (nSPS) is 25.4. The summed E-state index contributed by atoms with van der Waals surface area (Å²) in [5, 5.41) is 13.4. The molecule has 3 atom stereocenters. The molecule has 0 aromatic heterocycles. The summed E-state index contributed by atoms with van der Waals surface area (Å²) in [5.41, 5.74) is 1.99. The maximum Gasteiger partial charge on any atom is 0.254 e. The van der Waals surface area contributed by atoms with Gasteiger partial charge in [0.1, 0.15) is 5.92 Å². The Morgan fingerprint density at radius 3 is 2.68 bits per heavy atom. The Kier molecular flexibility index (Phi) is 4.74. The van der Waals surface area contributed by atoms with Crippen molar-refractivity contribution in [2.24, 2.45) is 5.92 Å². The van der Waals surface area contributed by atoms with Gasteiger partial charge in [-0.2, -0.15) is 0 Å². The second-order valence-corrected chi connectivity index (χ2v) is 7.06. The molecule has 1 N–H and O–H groups in total. The Labute approximate surface area is 146 Å². The number of nitrogens with zero attached hydrogens (tertiary/aromatic N) is 2. The van der Waals surface area contributed by atoms with Gasteiger partial charge in [-0.3, -0.25) is 19.7 Å². The Hall–Kier alpha value is -2.44. The molecule has 2 aliphatic rings. The topological polar surface area (TPSA) is 92.6 Å². The lowest BCUT2D eigenvalue weighted by Crippen LogP contribution is -2.42. The molecule has 134 valence electrons. The largest absolute Gasteiger partial charge is 0.336 e. The second-order valence-electron chi connectivity index (χ2n) is 7.06. The lowest BCUT2D eigenvalue weighted by molar-refractivity contribution is -0.497. The van der Waals surface area contributed by atoms with Crippen LogP contribution in [-0.2, 0) is 4.79 Å². The third kappa shape index (κ3) is 3.65. The third-order valence-corrected chi connectivity index (χ3v) is 5.16. The van der Waals surface area contributed by atoms with Crippen molar-refractivity contribution in [3.8, 4) is 0 Å². The number of likely N-dealkylation sites (tertiary alicyclic amines) is 1. The van der Waals surface area contributed by atoms with Gasteiger partial charge in [0.25, 0.3) is 5.91 Å². The van der Waals surface area contributed by atoms with Crippen LogP contribution < -0.4 is 5.32 Å². The molecule has 25 heavy (non-hydrogen) atoms. The van der Waals surface area contributed by atoms with Gasteiger partial charge in [0.15, 0.2) is 0 Å². The van der Waals surface area contributed by atoms with Crippen LogP contribution in [0.3, 0.4) is 0 Å². The van der Waals surface area contributed by atoms with Gasteiger partial charge in [-0.05, 0) is 56.9 Å². The van der Waals surface area contributed by atoms with E-state index in [0.29, 0.717) is 17.7 Å². The van der Waals surface area contributed by atoms with E-state index in [-0.39, 0.29) is 17.9 Å². The van der Waals surface area contributed by atoms with Crippen molar-refractivity contribution in [1.29, 1.82) is 0 Å². The van der Waals surface area contributed by atoms with E-state index >= 15 is 0 Å². The summed E-state index contributed by atoms with van der Waals surface area (Å²) in [7, 11) is 0. The maximum absolute atomic E-state index is 12.7. The van der Waals surface area contributed by atoms with Crippen LogP contribution in [0.15, 0.2) is 18.2 Å². The van der Waals surface area contributed by atoms with Crippen LogP contribution in [0, 0.1) is 23.0 Å². The predicted molar refractivity (Wildman–Crippen MR) is 93.0 cm³/mol. The highest BCUT2D eigenvalue weighted by molar-refractivity contribution is 5.98. The van der Waals surface area contributed by atoms with E-state index in [4.69, 9.17) is 0 Å². The number of rotatable bonds is 4. The predicted octanol–water partition coefficient (Wildman–Crippen LogP) is 2.61. The number of benzene rings is 1. The smallest absolute Gasteiger partial charge is 0.254 e. The first-order chi connectivity index (χ1) is 11.9. The number of aryl methyl sites for hydroxylation is 1. The Bertz CT molecular complexity index is 718. The summed E-state index contributed by atoms with van der Waals surface area (Å²) >= 11 is 0. The van der Waals surface area contributed by atoms with E-state index in [1.165, 1.54) is 0 Å². The minimum Gasteiger partial charge on any atom is -0.336 e. The zero-order valence-electron chi connectivity index (χ0n) is 14.5. The fourth-order valence-corrected chi connectivity index (χ4v) is 3.42. The molecule has 1 saturated carbocycles. The van der Waals surface area contributed by atoms with Crippen LogP contribution in [0.5, 0.6) is 0 Å². The molecule has 0 unspecified atom stereocenters. The SMILES string of the molecule is Cc1cc(C(=O)N2CCCC[C@@H]2C)ccc1NC(=O)[C@H]1C[C@@H]1[N+](=O)[O-]. The average Bonchev–Trinajstić information content (AvgIpc) is 3.37. The molecule has 1 heterocycles. The molecule has 1 saturated heterocycles. The van der Waals surface area contributed by atoms with E-state index in [0.717, 1.165) is 31.4 Å². The van der Waals surface area contributed by atoms with Crippen molar-refractivity contribution in [2.75, 3.05) is 11.9 Å². The molecule has 2 amide bonds. The van der Waals surface area contributed by atoms with Gasteiger partial charge in [-0.15, -0.1) is 0 Å². The van der Waals surface area contributed by atoms with Gasteiger partial charge in [0.05, 0.1) is 0 Å². The maximum atomic E-state index is 12.7. The van der Waals surface area contributed by atoms with Crippen LogP contribution in [0.1, 0.15) is 48.5 Å². The highest BCUT2D eigenvalue weighted by Gasteiger charge is 2.53. The number of amides is 2. The van der Waals surface area contributed by atoms with Crippen molar-refractivity contribution < 1.29 is 14.5 Å². The van der Waals surface area contributed by atoms with E-state index in [9.17, 15) is 19.7 Å². The standard InChI is InChI=1S/C18H23N3O4/c1-11-9-13(18(23)20-8-4-3-5-12(20)2)6-7-15(11)19-17(22)14-10-16(14)21(24)25/h6-7,9,12,14,16H,3-5,8,10H2,1-2H3,(H,19,22)/t12-,14-,16-/m0/s1. The summed E-state index contributed by atoms with van der Waals surface area (Å²) in [6, 6.07) is 4.68. The molecule has 1 aromatic carbocycles. The number of nitro groups is 1. The molecule has 7 heteroatoms. The van der Waals surface area contributed by atoms with E-state index in [2.05, 4.69) is 12.2 Å². The molecule has 2 fully saturated rings. The zero-order chi connectivity index (χ0) is 18.1. The van der Waals surface area contributed by atoms with Gasteiger partial charge in [-0.25, -0.2) is 0 Å². The first-order valence-electron chi connectivity index (χ1n) is 8.74. The molecule has 0 radical (unpaired) electrons. The fourth-order valence-electron chi connectivity index (χ4n) is 3.42. The number of piperidine rings is 1. The van der Waals surface area contributed by atoms with Crippen molar-refractivity contribution in [3.63, 3.8) is 0 Å². The number of anilines is 1. The lowest BCUT2D eigenvalue weighted by Gasteiger charge is -2.33. The minimum atomic E-state index is -0.762. The van der Waals surface area contributed by atoms with E-state index in [1.54, 1.807) is 18.2 Å². The van der Waals surface area contributed by atoms with Crippen LogP contribution >= 0.6 is 0 Å². The van der Waals surface area contributed by atoms with Crippen molar-refractivity contribution >= 4 is 17.5 Å². The molecular formula is C18H23N3O4. The third-order valence-electron chi connectivity index (χ3n) is 5.16. The summed E-state index contributed by atoms with van der Waals surface area (Å²) in [6.45, 7) is 4.67. The molecular weight excluding hydrogens is 322 g/mol. The molecule has 1 aliphatic carbocycles. The number of carbonyl (C=O) groups is 2. The molecule has 1 aliphatic heterocycles. The number of hydrogen-bond acceptors (Lipinski definition) is 4. The van der Waals surface area contributed by atoms with Crippen molar-refractivity contribution in [2.45, 2.75) is 51.6 Å². The van der Waals surface area contributed by atoms with Crippen LogP contribution in [0.2, 0.25) is 0 Å². The molecule has 3 rings (SSSR count). The van der Waals surface area contributed by atoms with E-state index in [1.807, 2.05) is 11.8 Å². The lowest BCUT2D eigenvalue weighted by atomic mass is 10.0. The fraction of sp³-hybridized carbons (Fsp3) is 0.556. The van der Waals surface area contributed by atoms with Crippen molar-refractivity contribution in [1.82, 2.24) is 4.90 Å². The Morgan fingerprint density at radius 2 is 2.08 bits per heavy atom. The zero-order valence-corrected chi connectivity index (χ0v) is 14.5. The van der Waals surface area contributed by atoms with Crippen LogP contribution in [-0.4, -0.2) is 40.3 Å². The van der Waals surface area contributed by atoms with Gasteiger partial charge in [0.2, 0.25) is 11.9 Å². The average molecular weight is 345 g/mol. The second kappa shape index (κ2) is 6.82. The molecule has 7 nitrogen and oxygen atoms in total. The first-order valence-corrected chi connectivity index (χ1v) is 8.74. The molecule has 1 aromatic rings. The first kappa shape index (κ1) is 17.4. The summed E-state index contributed by atoms with van der Waals surface area (Å²) in [4.78, 5) is 36.9. The number of nitrogens with one attached hydrogen (secondary N) is 1. The van der Waals surface area contributed by atoms with Gasteiger partial charge in [0, 0.05) is 35.2 Å². The monoisotopic (exact) mass is 345 g/mol. The summed E-state index contributed by atoms with van der Waals surface area (Å²) in [6.07, 6.45) is 3.50. The van der Waals surface area contributed by atoms with Crippen molar-refractivity contribution in [3.05, 3.63) is 39.4 Å². The highest BCUT2D eigenvalue weighted by atomic mass is 16.6. The summed E-state index contributed by atoms with van der Waals surface area (Å²) in [5.74, 6) is -0.859.